The monoisotopic (exact) mass is 301 g/mol. The molecule has 0 bridgehead atoms. The summed E-state index contributed by atoms with van der Waals surface area (Å²) in [6.07, 6.45) is -5.15. The first-order chi connectivity index (χ1) is 8.04. The molecule has 0 aromatic carbocycles. The van der Waals surface area contributed by atoms with Gasteiger partial charge in [0.05, 0.1) is 5.69 Å². The number of hydrogen-bond donors (Lipinski definition) is 1. The van der Waals surface area contributed by atoms with E-state index in [0.717, 1.165) is 0 Å². The Morgan fingerprint density at radius 3 is 2.44 bits per heavy atom. The molecule has 0 radical (unpaired) electrons. The lowest BCUT2D eigenvalue weighted by Gasteiger charge is -2.11. The van der Waals surface area contributed by atoms with E-state index in [1.165, 1.54) is 6.07 Å². The Morgan fingerprint density at radius 2 is 2.06 bits per heavy atom. The summed E-state index contributed by atoms with van der Waals surface area (Å²) in [6.45, 7) is 0. The van der Waals surface area contributed by atoms with Crippen molar-refractivity contribution in [2.24, 2.45) is 0 Å². The molecule has 2 N–H and O–H groups in total. The first-order valence-corrected chi connectivity index (χ1v) is 6.26. The summed E-state index contributed by atoms with van der Waals surface area (Å²) in [5.74, 6) is -1.27. The first kappa shape index (κ1) is 14.3. The van der Waals surface area contributed by atoms with E-state index in [1.54, 1.807) is 0 Å². The number of nitrogens with two attached hydrogens (primary N) is 1. The Bertz CT molecular complexity index is 623. The van der Waals surface area contributed by atoms with E-state index in [0.29, 0.717) is 6.07 Å². The highest BCUT2D eigenvalue weighted by molar-refractivity contribution is 8.13. The summed E-state index contributed by atoms with van der Waals surface area (Å²) in [5, 5.41) is 7.65. The molecule has 1 rings (SSSR count). The molecule has 98 valence electrons. The molecule has 1 aromatic heterocycles. The highest BCUT2D eigenvalue weighted by Gasteiger charge is 2.34. The molecule has 0 saturated heterocycles. The van der Waals surface area contributed by atoms with Crippen LogP contribution in [0.4, 0.5) is 18.9 Å². The first-order valence-electron chi connectivity index (χ1n) is 3.95. The number of ether oxygens (including phenoxy) is 1. The van der Waals surface area contributed by atoms with Crippen LogP contribution < -0.4 is 10.5 Å². The van der Waals surface area contributed by atoms with Crippen LogP contribution in [0.15, 0.2) is 11.1 Å². The molecule has 0 atom stereocenters. The summed E-state index contributed by atoms with van der Waals surface area (Å²) < 4.78 is 61.3. The molecule has 0 aliphatic heterocycles. The fourth-order valence-corrected chi connectivity index (χ4v) is 1.63. The zero-order valence-corrected chi connectivity index (χ0v) is 9.77. The molecule has 1 heterocycles. The maximum Gasteiger partial charge on any atom is 0.574 e. The van der Waals surface area contributed by atoms with E-state index < -0.39 is 37.6 Å². The van der Waals surface area contributed by atoms with Gasteiger partial charge in [-0.15, -0.1) is 13.2 Å². The number of rotatable bonds is 2. The topological polar surface area (TPSA) is 106 Å². The van der Waals surface area contributed by atoms with Gasteiger partial charge in [-0.2, -0.15) is 10.2 Å². The Hall–Kier alpha value is -1.73. The molecule has 0 unspecified atom stereocenters. The third kappa shape index (κ3) is 3.38. The maximum atomic E-state index is 12.0. The third-order valence-corrected chi connectivity index (χ3v) is 2.75. The minimum Gasteiger partial charge on any atom is -0.397 e. The smallest absolute Gasteiger partial charge is 0.397 e. The Kier molecular flexibility index (Phi) is 3.59. The quantitative estimate of drug-likeness (QED) is 0.827. The average Bonchev–Trinajstić information content (AvgIpc) is 2.13. The summed E-state index contributed by atoms with van der Waals surface area (Å²) >= 11 is 0. The Morgan fingerprint density at radius 1 is 1.50 bits per heavy atom. The van der Waals surface area contributed by atoms with E-state index in [4.69, 9.17) is 21.7 Å². The molecule has 18 heavy (non-hydrogen) atoms. The minimum absolute atomic E-state index is 0.550. The van der Waals surface area contributed by atoms with Crippen molar-refractivity contribution in [2.45, 2.75) is 11.4 Å². The Labute approximate surface area is 103 Å². The van der Waals surface area contributed by atoms with Crippen molar-refractivity contribution in [3.05, 3.63) is 11.6 Å². The molecule has 0 fully saturated rings. The molecule has 0 saturated carbocycles. The van der Waals surface area contributed by atoms with Gasteiger partial charge < -0.3 is 10.5 Å². The number of halogens is 4. The second-order valence-corrected chi connectivity index (χ2v) is 5.34. The van der Waals surface area contributed by atoms with Gasteiger partial charge in [0.15, 0.2) is 5.03 Å². The van der Waals surface area contributed by atoms with Crippen molar-refractivity contribution in [3.8, 4) is 11.9 Å². The lowest BCUT2D eigenvalue weighted by Crippen LogP contribution is -2.19. The van der Waals surface area contributed by atoms with Crippen molar-refractivity contribution in [2.75, 3.05) is 5.73 Å². The van der Waals surface area contributed by atoms with Crippen LogP contribution in [-0.4, -0.2) is 19.8 Å². The minimum atomic E-state index is -5.15. The predicted molar refractivity (Wildman–Crippen MR) is 53.1 cm³/mol. The number of hydrogen-bond acceptors (Lipinski definition) is 6. The number of aromatic nitrogens is 1. The zero-order valence-electron chi connectivity index (χ0n) is 8.19. The largest absolute Gasteiger partial charge is 0.574 e. The zero-order chi connectivity index (χ0) is 14.1. The normalized spacial score (nSPS) is 11.9. The molecule has 0 spiro atoms. The number of alkyl halides is 3. The van der Waals surface area contributed by atoms with Crippen LogP contribution in [0.25, 0.3) is 0 Å². The van der Waals surface area contributed by atoms with E-state index in [2.05, 4.69) is 9.72 Å². The molecule has 0 aliphatic rings. The van der Waals surface area contributed by atoms with Gasteiger partial charge in [0.25, 0.3) is 9.05 Å². The van der Waals surface area contributed by atoms with Crippen molar-refractivity contribution in [3.63, 3.8) is 0 Å². The lowest BCUT2D eigenvalue weighted by molar-refractivity contribution is -0.276. The van der Waals surface area contributed by atoms with Gasteiger partial charge in [0, 0.05) is 16.7 Å². The highest BCUT2D eigenvalue weighted by atomic mass is 35.7. The fourth-order valence-electron chi connectivity index (χ4n) is 0.938. The number of nitriles is 1. The predicted octanol–water partition coefficient (Wildman–Crippen LogP) is 1.36. The number of anilines is 1. The number of nitrogen functional groups attached to an aromatic ring is 1. The van der Waals surface area contributed by atoms with Crippen LogP contribution >= 0.6 is 10.7 Å². The van der Waals surface area contributed by atoms with Gasteiger partial charge in [-0.1, -0.05) is 0 Å². The summed E-state index contributed by atoms with van der Waals surface area (Å²) in [6, 6.07) is 1.97. The van der Waals surface area contributed by atoms with Gasteiger partial charge in [-0.3, -0.25) is 0 Å². The van der Waals surface area contributed by atoms with Crippen LogP contribution in [0.5, 0.6) is 5.88 Å². The van der Waals surface area contributed by atoms with Crippen molar-refractivity contribution in [1.29, 1.82) is 5.26 Å². The Balaban J connectivity index is 3.48. The summed E-state index contributed by atoms with van der Waals surface area (Å²) in [5.41, 5.74) is 3.93. The number of pyridine rings is 1. The molecule has 6 nitrogen and oxygen atoms in total. The molecule has 11 heteroatoms. The molecule has 0 amide bonds. The van der Waals surface area contributed by atoms with Gasteiger partial charge in [-0.05, 0) is 0 Å². The highest BCUT2D eigenvalue weighted by Crippen LogP contribution is 2.30. The molecular formula is C7H3ClF3N3O3S. The van der Waals surface area contributed by atoms with Crippen LogP contribution in [0.3, 0.4) is 0 Å². The van der Waals surface area contributed by atoms with Crippen molar-refractivity contribution >= 4 is 25.4 Å². The average molecular weight is 302 g/mol. The van der Waals surface area contributed by atoms with Gasteiger partial charge in [0.2, 0.25) is 5.88 Å². The van der Waals surface area contributed by atoms with Crippen LogP contribution in [0.1, 0.15) is 5.56 Å². The van der Waals surface area contributed by atoms with E-state index in [-0.39, 0.29) is 0 Å². The van der Waals surface area contributed by atoms with Gasteiger partial charge >= 0.3 is 6.36 Å². The lowest BCUT2D eigenvalue weighted by atomic mass is 10.2. The maximum absolute atomic E-state index is 12.0. The van der Waals surface area contributed by atoms with E-state index in [1.807, 2.05) is 0 Å². The SMILES string of the molecule is N#Cc1c(N)cc(S(=O)(=O)Cl)nc1OC(F)(F)F. The van der Waals surface area contributed by atoms with Crippen LogP contribution in [-0.2, 0) is 9.05 Å². The third-order valence-electron chi connectivity index (χ3n) is 1.57. The standard InChI is InChI=1S/C7H3ClF3N3O3S/c8-18(15,16)5-1-4(13)3(2-12)6(14-5)17-7(9,10)11/h1H,(H2,13,14). The van der Waals surface area contributed by atoms with Crippen molar-refractivity contribution in [1.82, 2.24) is 4.98 Å². The second kappa shape index (κ2) is 4.51. The molecular weight excluding hydrogens is 299 g/mol. The molecule has 1 aromatic rings. The number of nitrogens with zero attached hydrogens (tertiary/aromatic N) is 2. The van der Waals surface area contributed by atoms with Gasteiger partial charge in [0.1, 0.15) is 11.6 Å². The summed E-state index contributed by atoms with van der Waals surface area (Å²) in [4.78, 5) is 3.00. The van der Waals surface area contributed by atoms with Crippen LogP contribution in [0, 0.1) is 11.3 Å². The van der Waals surface area contributed by atoms with E-state index in [9.17, 15) is 21.6 Å². The second-order valence-electron chi connectivity index (χ2n) is 2.83. The fraction of sp³-hybridized carbons (Fsp3) is 0.143. The summed E-state index contributed by atoms with van der Waals surface area (Å²) in [7, 11) is 0.500. The van der Waals surface area contributed by atoms with Crippen LogP contribution in [0.2, 0.25) is 0 Å². The van der Waals surface area contributed by atoms with Gasteiger partial charge in [-0.25, -0.2) is 8.42 Å². The van der Waals surface area contributed by atoms with Crippen molar-refractivity contribution < 1.29 is 26.3 Å². The van der Waals surface area contributed by atoms with E-state index >= 15 is 0 Å². The molecule has 0 aliphatic carbocycles.